The average molecular weight is 798 g/mol. The summed E-state index contributed by atoms with van der Waals surface area (Å²) in [5.74, 6) is -2.89. The number of nitrogens with one attached hydrogen (secondary N) is 2. The normalized spacial score (nSPS) is 17.3. The maximum atomic E-state index is 15.4. The molecule has 2 aliphatic carbocycles. The van der Waals surface area contributed by atoms with E-state index in [2.05, 4.69) is 32.7 Å². The number of aryl methyl sites for hydroxylation is 1. The van der Waals surface area contributed by atoms with Crippen molar-refractivity contribution in [3.05, 3.63) is 93.0 Å². The molecule has 0 spiro atoms. The summed E-state index contributed by atoms with van der Waals surface area (Å²) in [4.78, 5) is 31.1. The van der Waals surface area contributed by atoms with Crippen LogP contribution in [0.15, 0.2) is 42.5 Å². The second-order valence-electron chi connectivity index (χ2n) is 14.4. The number of hydrogen-bond acceptors (Lipinski definition) is 6. The van der Waals surface area contributed by atoms with Crippen molar-refractivity contribution < 1.29 is 41.0 Å². The van der Waals surface area contributed by atoms with E-state index in [0.29, 0.717) is 32.8 Å². The van der Waals surface area contributed by atoms with Crippen molar-refractivity contribution >= 4 is 40.1 Å². The van der Waals surface area contributed by atoms with Crippen LogP contribution in [-0.2, 0) is 35.5 Å². The van der Waals surface area contributed by atoms with Crippen LogP contribution in [0.5, 0.6) is 0 Å². The van der Waals surface area contributed by atoms with Crippen molar-refractivity contribution in [2.24, 2.45) is 13.0 Å². The fraction of sp³-hybridized carbons (Fsp3) is 0.359. The smallest absolute Gasteiger partial charge is 0.293 e. The molecule has 7 rings (SSSR count). The summed E-state index contributed by atoms with van der Waals surface area (Å²) in [5.41, 5.74) is -1.73. The summed E-state index contributed by atoms with van der Waals surface area (Å²) in [6.45, 7) is 3.69. The number of fused-ring (bicyclic) bond motifs is 4. The van der Waals surface area contributed by atoms with Gasteiger partial charge in [-0.05, 0) is 74.4 Å². The molecule has 0 unspecified atom stereocenters. The van der Waals surface area contributed by atoms with Gasteiger partial charge in [-0.2, -0.15) is 19.0 Å². The summed E-state index contributed by atoms with van der Waals surface area (Å²) >= 11 is 6.65. The van der Waals surface area contributed by atoms with Crippen LogP contribution in [0.1, 0.15) is 85.9 Å². The van der Waals surface area contributed by atoms with E-state index >= 15 is 8.78 Å². The van der Waals surface area contributed by atoms with Gasteiger partial charge in [0.25, 0.3) is 12.3 Å². The highest BCUT2D eigenvalue weighted by Crippen LogP contribution is 2.68. The zero-order chi connectivity index (χ0) is 40.4. The van der Waals surface area contributed by atoms with Gasteiger partial charge >= 0.3 is 0 Å². The molecule has 292 valence electrons. The van der Waals surface area contributed by atoms with Gasteiger partial charge in [-0.15, -0.1) is 0 Å². The van der Waals surface area contributed by atoms with Crippen LogP contribution < -0.4 is 10.6 Å². The predicted molar refractivity (Wildman–Crippen MR) is 194 cm³/mol. The van der Waals surface area contributed by atoms with Crippen LogP contribution in [0.2, 0.25) is 5.02 Å². The number of carbonyl (C=O) groups is 2. The average Bonchev–Trinajstić information content (AvgIpc) is 3.65. The lowest BCUT2D eigenvalue weighted by Crippen LogP contribution is -2.35. The van der Waals surface area contributed by atoms with E-state index in [1.807, 2.05) is 0 Å². The second kappa shape index (κ2) is 14.3. The van der Waals surface area contributed by atoms with Gasteiger partial charge in [-0.25, -0.2) is 22.5 Å². The van der Waals surface area contributed by atoms with Crippen molar-refractivity contribution in [2.45, 2.75) is 76.5 Å². The van der Waals surface area contributed by atoms with Crippen LogP contribution in [0.25, 0.3) is 22.0 Å². The van der Waals surface area contributed by atoms with Crippen LogP contribution in [0.3, 0.4) is 0 Å². The molecular weight excluding hydrogens is 764 g/mol. The van der Waals surface area contributed by atoms with E-state index in [0.717, 1.165) is 12.1 Å². The zero-order valence-electron chi connectivity index (χ0n) is 30.3. The van der Waals surface area contributed by atoms with Crippen LogP contribution in [0.4, 0.5) is 32.2 Å². The van der Waals surface area contributed by atoms with E-state index in [-0.39, 0.29) is 58.5 Å². The molecule has 3 atom stereocenters. The molecule has 1 fully saturated rings. The molecule has 1 saturated carbocycles. The maximum absolute atomic E-state index is 15.4. The molecule has 3 aromatic heterocycles. The monoisotopic (exact) mass is 797 g/mol. The second-order valence-corrected chi connectivity index (χ2v) is 14.8. The lowest BCUT2D eigenvalue weighted by atomic mass is 9.93. The molecule has 56 heavy (non-hydrogen) atoms. The highest BCUT2D eigenvalue weighted by molar-refractivity contribution is 6.37. The Morgan fingerprint density at radius 2 is 1.75 bits per heavy atom. The minimum Gasteiger partial charge on any atom is -0.378 e. The third kappa shape index (κ3) is 7.33. The number of carbonyl (C=O) groups excluding carboxylic acids is 2. The molecule has 17 heteroatoms. The standard InChI is InChI=1S/C39H34ClF6N7O3/c1-5-28(54)49-37-31-26(40)9-8-23(34(31)52(4)51-37)22-7-6-21(10-11-38(2,3)56)47-32(22)27(14-18-12-19(41)15-20(42)13-18)48-29(55)17-53-35-30(33(50-53)36(43)44)24-16-25(24)39(35,45)46/h6-9,12-13,15,24-25,27,36,56H,5,14,16-17H2,1-4H3,(H,48,55)(H,49,51,54)/t24-,25+,27-/m0/s1. The highest BCUT2D eigenvalue weighted by atomic mass is 35.5. The minimum atomic E-state index is -3.49. The molecule has 0 radical (unpaired) electrons. The summed E-state index contributed by atoms with van der Waals surface area (Å²) in [6.07, 6.45) is -3.27. The Balaban J connectivity index is 1.38. The van der Waals surface area contributed by atoms with Crippen molar-refractivity contribution in [1.29, 1.82) is 0 Å². The fourth-order valence-corrected chi connectivity index (χ4v) is 7.53. The van der Waals surface area contributed by atoms with Gasteiger partial charge in [0.05, 0.1) is 27.7 Å². The number of hydrogen-bond donors (Lipinski definition) is 3. The largest absolute Gasteiger partial charge is 0.378 e. The highest BCUT2D eigenvalue weighted by Gasteiger charge is 2.67. The van der Waals surface area contributed by atoms with Gasteiger partial charge in [-0.3, -0.25) is 19.0 Å². The number of rotatable bonds is 10. The van der Waals surface area contributed by atoms with Gasteiger partial charge in [-0.1, -0.05) is 30.5 Å². The number of aromatic nitrogens is 5. The SMILES string of the molecule is CCC(=O)Nc1nn(C)c2c(-c3ccc(C#CC(C)(C)O)nc3[C@H](Cc3cc(F)cc(F)c3)NC(=O)Cn3nc(C(F)F)c4c3C(F)(F)[C@@H]3C[C@H]43)ccc(Cl)c12. The Morgan fingerprint density at radius 1 is 1.05 bits per heavy atom. The molecule has 5 aromatic rings. The van der Waals surface area contributed by atoms with E-state index < -0.39 is 71.3 Å². The number of nitrogens with zero attached hydrogens (tertiary/aromatic N) is 5. The number of aliphatic hydroxyl groups is 1. The predicted octanol–water partition coefficient (Wildman–Crippen LogP) is 7.48. The minimum absolute atomic E-state index is 0.0338. The number of benzene rings is 2. The van der Waals surface area contributed by atoms with Crippen LogP contribution in [-0.4, -0.2) is 47.1 Å². The van der Waals surface area contributed by atoms with Crippen LogP contribution in [0, 0.1) is 29.4 Å². The number of pyridine rings is 1. The van der Waals surface area contributed by atoms with Gasteiger partial charge in [0.15, 0.2) is 5.82 Å². The van der Waals surface area contributed by atoms with Gasteiger partial charge in [0, 0.05) is 42.1 Å². The first-order valence-corrected chi connectivity index (χ1v) is 18.0. The maximum Gasteiger partial charge on any atom is 0.293 e. The van der Waals surface area contributed by atoms with E-state index in [1.165, 1.54) is 18.5 Å². The first-order chi connectivity index (χ1) is 26.4. The lowest BCUT2D eigenvalue weighted by Gasteiger charge is -2.23. The molecule has 0 saturated heterocycles. The first kappa shape index (κ1) is 38.9. The first-order valence-electron chi connectivity index (χ1n) is 17.6. The topological polar surface area (TPSA) is 127 Å². The molecule has 2 aromatic carbocycles. The third-order valence-corrected chi connectivity index (χ3v) is 10.0. The summed E-state index contributed by atoms with van der Waals surface area (Å²) in [5, 5.41) is 24.6. The van der Waals surface area contributed by atoms with Gasteiger partial charge in [0.1, 0.15) is 40.9 Å². The van der Waals surface area contributed by atoms with E-state index in [4.69, 9.17) is 16.6 Å². The van der Waals surface area contributed by atoms with Gasteiger partial charge in [0.2, 0.25) is 11.8 Å². The summed E-state index contributed by atoms with van der Waals surface area (Å²) in [7, 11) is 1.62. The molecule has 3 heterocycles. The lowest BCUT2D eigenvalue weighted by molar-refractivity contribution is -0.123. The van der Waals surface area contributed by atoms with Crippen molar-refractivity contribution in [3.8, 4) is 23.0 Å². The number of anilines is 1. The molecular formula is C39H34ClF6N7O3. The molecule has 2 aliphatic rings. The Kier molecular flexibility index (Phi) is 9.90. The molecule has 10 nitrogen and oxygen atoms in total. The summed E-state index contributed by atoms with van der Waals surface area (Å²) in [6, 6.07) is 7.86. The molecule has 3 N–H and O–H groups in total. The Bertz CT molecular complexity index is 2460. The molecule has 0 aliphatic heterocycles. The molecule has 0 bridgehead atoms. The van der Waals surface area contributed by atoms with E-state index in [9.17, 15) is 32.3 Å². The van der Waals surface area contributed by atoms with Gasteiger partial charge < -0.3 is 15.7 Å². The van der Waals surface area contributed by atoms with Crippen LogP contribution >= 0.6 is 11.6 Å². The molecule has 2 amide bonds. The number of amides is 2. The quantitative estimate of drug-likeness (QED) is 0.0994. The Hall–Kier alpha value is -5.40. The van der Waals surface area contributed by atoms with Crippen molar-refractivity contribution in [2.75, 3.05) is 5.32 Å². The van der Waals surface area contributed by atoms with Crippen molar-refractivity contribution in [3.63, 3.8) is 0 Å². The summed E-state index contributed by atoms with van der Waals surface area (Å²) < 4.78 is 90.0. The van der Waals surface area contributed by atoms with Crippen molar-refractivity contribution in [1.82, 2.24) is 29.9 Å². The third-order valence-electron chi connectivity index (χ3n) is 9.72. The fourth-order valence-electron chi connectivity index (χ4n) is 7.29. The number of alkyl halides is 4. The number of halogens is 7. The van der Waals surface area contributed by atoms with E-state index in [1.54, 1.807) is 38.2 Å². The Morgan fingerprint density at radius 3 is 2.41 bits per heavy atom. The Labute approximate surface area is 321 Å². The zero-order valence-corrected chi connectivity index (χ0v) is 31.1.